The molecule has 0 atom stereocenters. The number of nitrogens with one attached hydrogen (secondary N) is 1. The van der Waals surface area contributed by atoms with Gasteiger partial charge in [-0.15, -0.1) is 0 Å². The number of para-hydroxylation sites is 2. The van der Waals surface area contributed by atoms with Crippen molar-refractivity contribution in [3.8, 4) is 5.75 Å². The normalized spacial score (nSPS) is 13.0. The zero-order valence-corrected chi connectivity index (χ0v) is 13.0. The zero-order chi connectivity index (χ0) is 17.1. The molecule has 0 fully saturated rings. The first-order valence-electron chi connectivity index (χ1n) is 7.44. The number of pyridine rings is 1. The van der Waals surface area contributed by atoms with Crippen molar-refractivity contribution in [1.29, 1.82) is 0 Å². The number of hydrogen-bond donors (Lipinski definition) is 1. The number of nitrogens with zero attached hydrogens (tertiary/aromatic N) is 2. The Morgan fingerprint density at radius 1 is 1.17 bits per heavy atom. The maximum atomic E-state index is 12.2. The summed E-state index contributed by atoms with van der Waals surface area (Å²) < 4.78 is 5.43. The van der Waals surface area contributed by atoms with E-state index in [0.717, 1.165) is 4.90 Å². The number of rotatable bonds is 5. The Bertz CT molecular complexity index is 784. The summed E-state index contributed by atoms with van der Waals surface area (Å²) >= 11 is 0. The Morgan fingerprint density at radius 3 is 2.71 bits per heavy atom. The third-order valence-corrected chi connectivity index (χ3v) is 3.49. The summed E-state index contributed by atoms with van der Waals surface area (Å²) in [6.45, 7) is 1.91. The van der Waals surface area contributed by atoms with Crippen molar-refractivity contribution in [2.24, 2.45) is 0 Å². The molecular weight excluding hydrogens is 310 g/mol. The summed E-state index contributed by atoms with van der Waals surface area (Å²) in [6.07, 6.45) is 1.44. The van der Waals surface area contributed by atoms with Gasteiger partial charge in [0, 0.05) is 6.20 Å². The highest BCUT2D eigenvalue weighted by Crippen LogP contribution is 2.24. The van der Waals surface area contributed by atoms with Gasteiger partial charge in [-0.05, 0) is 31.2 Å². The fourth-order valence-corrected chi connectivity index (χ4v) is 2.44. The Kier molecular flexibility index (Phi) is 4.24. The molecule has 7 heteroatoms. The number of benzene rings is 1. The molecule has 1 aliphatic rings. The van der Waals surface area contributed by atoms with E-state index in [1.807, 2.05) is 6.92 Å². The second-order valence-corrected chi connectivity index (χ2v) is 5.07. The molecule has 0 saturated heterocycles. The van der Waals surface area contributed by atoms with Crippen LogP contribution in [0.3, 0.4) is 0 Å². The predicted molar refractivity (Wildman–Crippen MR) is 85.8 cm³/mol. The van der Waals surface area contributed by atoms with Crippen LogP contribution in [0.15, 0.2) is 42.6 Å². The smallest absolute Gasteiger partial charge is 0.280 e. The highest BCUT2D eigenvalue weighted by atomic mass is 16.5. The number of carbonyl (C=O) groups is 3. The molecule has 3 rings (SSSR count). The minimum atomic E-state index is -0.566. The summed E-state index contributed by atoms with van der Waals surface area (Å²) in [6, 6.07) is 10.1. The molecule has 24 heavy (non-hydrogen) atoms. The molecule has 1 aromatic heterocycles. The van der Waals surface area contributed by atoms with Gasteiger partial charge in [-0.2, -0.15) is 0 Å². The Balaban J connectivity index is 1.73. The van der Waals surface area contributed by atoms with Gasteiger partial charge >= 0.3 is 0 Å². The van der Waals surface area contributed by atoms with E-state index < -0.39 is 17.7 Å². The molecule has 3 amide bonds. The minimum absolute atomic E-state index is 0.0741. The number of ether oxygens (including phenoxy) is 1. The Morgan fingerprint density at radius 2 is 1.96 bits per heavy atom. The lowest BCUT2D eigenvalue weighted by atomic mass is 10.2. The van der Waals surface area contributed by atoms with Gasteiger partial charge in [0.25, 0.3) is 11.8 Å². The van der Waals surface area contributed by atoms with Gasteiger partial charge < -0.3 is 10.1 Å². The third kappa shape index (κ3) is 2.83. The first-order chi connectivity index (χ1) is 11.6. The summed E-state index contributed by atoms with van der Waals surface area (Å²) in [4.78, 5) is 41.5. The molecule has 0 unspecified atom stereocenters. The Labute approximate surface area is 138 Å². The average Bonchev–Trinajstić information content (AvgIpc) is 2.82. The number of aromatic nitrogens is 1. The summed E-state index contributed by atoms with van der Waals surface area (Å²) in [7, 11) is 0. The summed E-state index contributed by atoms with van der Waals surface area (Å²) in [5.74, 6) is -1.05. The van der Waals surface area contributed by atoms with Crippen LogP contribution < -0.4 is 10.1 Å². The Hall–Kier alpha value is -3.22. The van der Waals surface area contributed by atoms with E-state index in [1.54, 1.807) is 30.3 Å². The van der Waals surface area contributed by atoms with E-state index in [-0.39, 0.29) is 17.8 Å². The topological polar surface area (TPSA) is 88.6 Å². The lowest BCUT2D eigenvalue weighted by Gasteiger charge is -2.15. The number of hydrogen-bond acceptors (Lipinski definition) is 5. The van der Waals surface area contributed by atoms with Gasteiger partial charge in [0.15, 0.2) is 0 Å². The molecule has 1 aromatic carbocycles. The fraction of sp³-hybridized carbons (Fsp3) is 0.176. The van der Waals surface area contributed by atoms with Crippen molar-refractivity contribution >= 4 is 23.4 Å². The van der Waals surface area contributed by atoms with Crippen molar-refractivity contribution in [3.05, 3.63) is 53.9 Å². The molecular formula is C17H15N3O4. The van der Waals surface area contributed by atoms with Crippen LogP contribution in [0.2, 0.25) is 0 Å². The number of imide groups is 1. The highest BCUT2D eigenvalue weighted by Gasteiger charge is 2.37. The molecule has 0 spiro atoms. The van der Waals surface area contributed by atoms with Crippen molar-refractivity contribution in [2.75, 3.05) is 18.5 Å². The maximum absolute atomic E-state index is 12.2. The predicted octanol–water partition coefficient (Wildman–Crippen LogP) is 1.72. The van der Waals surface area contributed by atoms with E-state index in [4.69, 9.17) is 4.74 Å². The molecule has 0 radical (unpaired) electrons. The molecule has 1 N–H and O–H groups in total. The highest BCUT2D eigenvalue weighted by molar-refractivity contribution is 6.21. The monoisotopic (exact) mass is 325 g/mol. The first-order valence-corrected chi connectivity index (χ1v) is 7.44. The van der Waals surface area contributed by atoms with Crippen LogP contribution in [0.5, 0.6) is 5.75 Å². The second-order valence-electron chi connectivity index (χ2n) is 5.07. The largest absolute Gasteiger partial charge is 0.492 e. The lowest BCUT2D eigenvalue weighted by molar-refractivity contribution is -0.116. The van der Waals surface area contributed by atoms with Crippen LogP contribution in [-0.4, -0.2) is 40.8 Å². The van der Waals surface area contributed by atoms with Gasteiger partial charge in [0.2, 0.25) is 5.91 Å². The lowest BCUT2D eigenvalue weighted by Crippen LogP contribution is -2.37. The first kappa shape index (κ1) is 15.7. The molecule has 0 saturated carbocycles. The zero-order valence-electron chi connectivity index (χ0n) is 13.0. The van der Waals surface area contributed by atoms with E-state index in [0.29, 0.717) is 18.0 Å². The van der Waals surface area contributed by atoms with Crippen LogP contribution in [0, 0.1) is 0 Å². The van der Waals surface area contributed by atoms with Crippen molar-refractivity contribution in [3.63, 3.8) is 0 Å². The van der Waals surface area contributed by atoms with Crippen molar-refractivity contribution < 1.29 is 19.1 Å². The molecule has 0 bridgehead atoms. The molecule has 122 valence electrons. The molecule has 7 nitrogen and oxygen atoms in total. The number of amides is 3. The quantitative estimate of drug-likeness (QED) is 0.846. The van der Waals surface area contributed by atoms with Crippen molar-refractivity contribution in [2.45, 2.75) is 6.92 Å². The van der Waals surface area contributed by atoms with E-state index in [1.165, 1.54) is 12.3 Å². The SMILES string of the molecule is CCOc1ccccc1NC(=O)CN1C(=O)c2cccnc2C1=O. The van der Waals surface area contributed by atoms with E-state index in [9.17, 15) is 14.4 Å². The summed E-state index contributed by atoms with van der Waals surface area (Å²) in [5, 5.41) is 2.66. The van der Waals surface area contributed by atoms with Gasteiger partial charge in [-0.25, -0.2) is 0 Å². The second kappa shape index (κ2) is 6.49. The van der Waals surface area contributed by atoms with Gasteiger partial charge in [-0.1, -0.05) is 12.1 Å². The molecule has 1 aliphatic heterocycles. The molecule has 2 aromatic rings. The van der Waals surface area contributed by atoms with Crippen LogP contribution in [0.1, 0.15) is 27.8 Å². The molecule has 0 aliphatic carbocycles. The van der Waals surface area contributed by atoms with Crippen LogP contribution in [0.25, 0.3) is 0 Å². The summed E-state index contributed by atoms with van der Waals surface area (Å²) in [5.41, 5.74) is 0.772. The van der Waals surface area contributed by atoms with Crippen molar-refractivity contribution in [1.82, 2.24) is 9.88 Å². The standard InChI is InChI=1S/C17H15N3O4/c1-2-24-13-8-4-3-7-12(13)19-14(21)10-20-16(22)11-6-5-9-18-15(11)17(20)23/h3-9H,2,10H2,1H3,(H,19,21). The number of carbonyl (C=O) groups excluding carboxylic acids is 3. The van der Waals surface area contributed by atoms with Gasteiger partial charge in [0.05, 0.1) is 17.9 Å². The van der Waals surface area contributed by atoms with Crippen LogP contribution in [0.4, 0.5) is 5.69 Å². The number of anilines is 1. The van der Waals surface area contributed by atoms with Crippen LogP contribution >= 0.6 is 0 Å². The average molecular weight is 325 g/mol. The van der Waals surface area contributed by atoms with Gasteiger partial charge in [-0.3, -0.25) is 24.3 Å². The maximum Gasteiger partial charge on any atom is 0.280 e. The fourth-order valence-electron chi connectivity index (χ4n) is 2.44. The third-order valence-electron chi connectivity index (χ3n) is 3.49. The van der Waals surface area contributed by atoms with E-state index in [2.05, 4.69) is 10.3 Å². The minimum Gasteiger partial charge on any atom is -0.492 e. The number of fused-ring (bicyclic) bond motifs is 1. The van der Waals surface area contributed by atoms with Gasteiger partial charge in [0.1, 0.15) is 18.0 Å². The van der Waals surface area contributed by atoms with Crippen LogP contribution in [-0.2, 0) is 4.79 Å². The molecule has 2 heterocycles. The van der Waals surface area contributed by atoms with E-state index >= 15 is 0 Å².